The van der Waals surface area contributed by atoms with Crippen LogP contribution in [0.4, 0.5) is 10.1 Å². The van der Waals surface area contributed by atoms with E-state index in [1.807, 2.05) is 18.2 Å². The lowest BCUT2D eigenvalue weighted by Crippen LogP contribution is -2.21. The van der Waals surface area contributed by atoms with Crippen LogP contribution in [0.2, 0.25) is 0 Å². The third-order valence-corrected chi connectivity index (χ3v) is 4.31. The van der Waals surface area contributed by atoms with Crippen LogP contribution in [0.5, 0.6) is 11.5 Å². The van der Waals surface area contributed by atoms with Gasteiger partial charge in [0.15, 0.2) is 18.1 Å². The number of halogens is 1. The third kappa shape index (κ3) is 6.66. The van der Waals surface area contributed by atoms with Gasteiger partial charge >= 0.3 is 0 Å². The van der Waals surface area contributed by atoms with E-state index in [4.69, 9.17) is 9.47 Å². The quantitative estimate of drug-likeness (QED) is 0.397. The molecule has 8 heteroatoms. The Labute approximate surface area is 184 Å². The Morgan fingerprint density at radius 3 is 2.44 bits per heavy atom. The van der Waals surface area contributed by atoms with Crippen LogP contribution >= 0.6 is 0 Å². The van der Waals surface area contributed by atoms with Gasteiger partial charge in [0.2, 0.25) is 5.91 Å². The molecule has 2 amide bonds. The lowest BCUT2D eigenvalue weighted by Gasteiger charge is -2.13. The number of methoxy groups -OCH3 is 1. The highest BCUT2D eigenvalue weighted by Crippen LogP contribution is 2.30. The standard InChI is InChI=1S/C24H22FN3O4/c1-31-21-9-5-6-18(15-26-28-22(29)14-17-10-12-19(25)13-11-17)24(21)32-16-23(30)27-20-7-3-2-4-8-20/h2-13,15H,14,16H2,1H3,(H,27,30)(H,28,29)/b26-15+. The second kappa shape index (κ2) is 11.3. The summed E-state index contributed by atoms with van der Waals surface area (Å²) in [4.78, 5) is 24.3. The molecular formula is C24H22FN3O4. The van der Waals surface area contributed by atoms with Gasteiger partial charge in [0, 0.05) is 11.3 Å². The first-order valence-electron chi connectivity index (χ1n) is 9.76. The highest BCUT2D eigenvalue weighted by atomic mass is 19.1. The number of hydrazone groups is 1. The number of benzene rings is 3. The summed E-state index contributed by atoms with van der Waals surface area (Å²) in [5, 5.41) is 6.69. The second-order valence-electron chi connectivity index (χ2n) is 6.68. The molecule has 7 nitrogen and oxygen atoms in total. The van der Waals surface area contributed by atoms with Crippen molar-refractivity contribution >= 4 is 23.7 Å². The smallest absolute Gasteiger partial charge is 0.262 e. The number of hydrogen-bond acceptors (Lipinski definition) is 5. The largest absolute Gasteiger partial charge is 0.493 e. The summed E-state index contributed by atoms with van der Waals surface area (Å²) in [6.07, 6.45) is 1.45. The maximum absolute atomic E-state index is 13.0. The SMILES string of the molecule is COc1cccc(/C=N/NC(=O)Cc2ccc(F)cc2)c1OCC(=O)Nc1ccccc1. The van der Waals surface area contributed by atoms with Crippen LogP contribution in [-0.4, -0.2) is 31.7 Å². The molecule has 0 aromatic heterocycles. The molecule has 0 heterocycles. The number of nitrogens with zero attached hydrogens (tertiary/aromatic N) is 1. The molecule has 0 spiro atoms. The van der Waals surface area contributed by atoms with Crippen LogP contribution in [0, 0.1) is 5.82 Å². The zero-order valence-electron chi connectivity index (χ0n) is 17.4. The fraction of sp³-hybridized carbons (Fsp3) is 0.125. The van der Waals surface area contributed by atoms with Crippen molar-refractivity contribution in [3.63, 3.8) is 0 Å². The molecule has 0 radical (unpaired) electrons. The maximum Gasteiger partial charge on any atom is 0.262 e. The average molecular weight is 435 g/mol. The van der Waals surface area contributed by atoms with Gasteiger partial charge in [-0.3, -0.25) is 9.59 Å². The minimum absolute atomic E-state index is 0.0543. The van der Waals surface area contributed by atoms with Gasteiger partial charge in [-0.25, -0.2) is 9.82 Å². The number of anilines is 1. The molecule has 0 saturated heterocycles. The molecule has 0 aliphatic carbocycles. The molecule has 0 aliphatic heterocycles. The molecule has 3 aromatic rings. The van der Waals surface area contributed by atoms with E-state index in [1.54, 1.807) is 30.3 Å². The van der Waals surface area contributed by atoms with E-state index in [0.717, 1.165) is 0 Å². The number of para-hydroxylation sites is 2. The van der Waals surface area contributed by atoms with E-state index in [1.165, 1.54) is 37.6 Å². The number of hydrogen-bond donors (Lipinski definition) is 2. The second-order valence-corrected chi connectivity index (χ2v) is 6.68. The molecule has 0 saturated carbocycles. The summed E-state index contributed by atoms with van der Waals surface area (Å²) < 4.78 is 24.0. The first kappa shape index (κ1) is 22.5. The number of rotatable bonds is 9. The van der Waals surface area contributed by atoms with Gasteiger partial charge in [0.1, 0.15) is 5.82 Å². The van der Waals surface area contributed by atoms with Gasteiger partial charge in [-0.2, -0.15) is 5.10 Å². The van der Waals surface area contributed by atoms with Gasteiger partial charge in [-0.1, -0.05) is 36.4 Å². The highest BCUT2D eigenvalue weighted by Gasteiger charge is 2.12. The molecule has 0 atom stereocenters. The highest BCUT2D eigenvalue weighted by molar-refractivity contribution is 5.92. The van der Waals surface area contributed by atoms with Crippen LogP contribution in [0.15, 0.2) is 77.9 Å². The predicted molar refractivity (Wildman–Crippen MR) is 119 cm³/mol. The Bertz CT molecular complexity index is 1090. The van der Waals surface area contributed by atoms with E-state index < -0.39 is 0 Å². The van der Waals surface area contributed by atoms with Crippen molar-refractivity contribution in [2.45, 2.75) is 6.42 Å². The zero-order chi connectivity index (χ0) is 22.8. The van der Waals surface area contributed by atoms with Crippen LogP contribution in [-0.2, 0) is 16.0 Å². The Balaban J connectivity index is 1.61. The maximum atomic E-state index is 13.0. The van der Waals surface area contributed by atoms with Crippen LogP contribution in [0.25, 0.3) is 0 Å². The fourth-order valence-electron chi connectivity index (χ4n) is 2.81. The minimum atomic E-state index is -0.366. The summed E-state index contributed by atoms with van der Waals surface area (Å²) in [7, 11) is 1.48. The Hall–Kier alpha value is -4.20. The number of nitrogens with one attached hydrogen (secondary N) is 2. The van der Waals surface area contributed by atoms with Crippen molar-refractivity contribution in [3.8, 4) is 11.5 Å². The number of amides is 2. The van der Waals surface area contributed by atoms with Gasteiger partial charge in [0.25, 0.3) is 5.91 Å². The first-order chi connectivity index (χ1) is 15.5. The summed E-state index contributed by atoms with van der Waals surface area (Å²) in [5.41, 5.74) is 4.25. The van der Waals surface area contributed by atoms with E-state index >= 15 is 0 Å². The van der Waals surface area contributed by atoms with E-state index in [0.29, 0.717) is 28.3 Å². The summed E-state index contributed by atoms with van der Waals surface area (Å²) in [6.45, 7) is -0.243. The molecule has 0 bridgehead atoms. The lowest BCUT2D eigenvalue weighted by atomic mass is 10.1. The molecule has 3 rings (SSSR count). The van der Waals surface area contributed by atoms with E-state index in [9.17, 15) is 14.0 Å². The number of carbonyl (C=O) groups excluding carboxylic acids is 2. The monoisotopic (exact) mass is 435 g/mol. The summed E-state index contributed by atoms with van der Waals surface area (Å²) in [6, 6.07) is 19.8. The fourth-order valence-corrected chi connectivity index (χ4v) is 2.81. The van der Waals surface area contributed by atoms with E-state index in [2.05, 4.69) is 15.8 Å². The zero-order valence-corrected chi connectivity index (χ0v) is 17.4. The van der Waals surface area contributed by atoms with E-state index in [-0.39, 0.29) is 30.7 Å². The van der Waals surface area contributed by atoms with Crippen molar-refractivity contribution in [1.29, 1.82) is 0 Å². The normalized spacial score (nSPS) is 10.6. The van der Waals surface area contributed by atoms with Crippen LogP contribution in [0.3, 0.4) is 0 Å². The first-order valence-corrected chi connectivity index (χ1v) is 9.76. The van der Waals surface area contributed by atoms with Crippen molar-refractivity contribution < 1.29 is 23.5 Å². The summed E-state index contributed by atoms with van der Waals surface area (Å²) in [5.74, 6) is -0.331. The Morgan fingerprint density at radius 1 is 0.969 bits per heavy atom. The lowest BCUT2D eigenvalue weighted by molar-refractivity contribution is -0.120. The van der Waals surface area contributed by atoms with Crippen LogP contribution < -0.4 is 20.2 Å². The topological polar surface area (TPSA) is 89.0 Å². The molecule has 2 N–H and O–H groups in total. The third-order valence-electron chi connectivity index (χ3n) is 4.31. The molecule has 0 unspecified atom stereocenters. The molecule has 0 aliphatic rings. The molecule has 164 valence electrons. The average Bonchev–Trinajstić information content (AvgIpc) is 2.80. The van der Waals surface area contributed by atoms with Crippen molar-refractivity contribution in [3.05, 3.63) is 89.7 Å². The molecule has 32 heavy (non-hydrogen) atoms. The van der Waals surface area contributed by atoms with Crippen molar-refractivity contribution in [2.75, 3.05) is 19.0 Å². The minimum Gasteiger partial charge on any atom is -0.493 e. The predicted octanol–water partition coefficient (Wildman–Crippen LogP) is 3.54. The molecular weight excluding hydrogens is 413 g/mol. The molecule has 3 aromatic carbocycles. The number of ether oxygens (including phenoxy) is 2. The molecule has 0 fully saturated rings. The van der Waals surface area contributed by atoms with Gasteiger partial charge in [0.05, 0.1) is 19.7 Å². The Morgan fingerprint density at radius 2 is 1.72 bits per heavy atom. The van der Waals surface area contributed by atoms with Crippen LogP contribution in [0.1, 0.15) is 11.1 Å². The Kier molecular flexibility index (Phi) is 7.91. The van der Waals surface area contributed by atoms with Gasteiger partial charge < -0.3 is 14.8 Å². The number of carbonyl (C=O) groups is 2. The van der Waals surface area contributed by atoms with Crippen molar-refractivity contribution in [1.82, 2.24) is 5.43 Å². The summed E-state index contributed by atoms with van der Waals surface area (Å²) >= 11 is 0. The van der Waals surface area contributed by atoms with Crippen molar-refractivity contribution in [2.24, 2.45) is 5.10 Å². The van der Waals surface area contributed by atoms with Gasteiger partial charge in [-0.15, -0.1) is 0 Å². The van der Waals surface area contributed by atoms with Gasteiger partial charge in [-0.05, 0) is 42.0 Å².